The zero-order valence-electron chi connectivity index (χ0n) is 19.0. The van der Waals surface area contributed by atoms with E-state index in [-0.39, 0.29) is 33.0 Å². The van der Waals surface area contributed by atoms with Crippen LogP contribution in [0.5, 0.6) is 5.75 Å². The summed E-state index contributed by atoms with van der Waals surface area (Å²) in [5.74, 6) is -2.34. The SMILES string of the molecule is Cc1cc(OCc2c(F)cccc2F)c2nccc(C(=O)NC(C)(CO)c3nnn(C(F)F)n3)c2c1. The lowest BCUT2D eigenvalue weighted by Gasteiger charge is -2.25. The molecule has 2 N–H and O–H groups in total. The fourth-order valence-corrected chi connectivity index (χ4v) is 3.50. The van der Waals surface area contributed by atoms with E-state index in [1.165, 1.54) is 25.3 Å². The number of ether oxygens (including phenoxy) is 1. The van der Waals surface area contributed by atoms with Gasteiger partial charge in [0.2, 0.25) is 5.82 Å². The zero-order valence-corrected chi connectivity index (χ0v) is 19.0. The van der Waals surface area contributed by atoms with Gasteiger partial charge in [0.25, 0.3) is 5.91 Å². The van der Waals surface area contributed by atoms with Crippen LogP contribution in [0, 0.1) is 18.6 Å². The van der Waals surface area contributed by atoms with Gasteiger partial charge in [0, 0.05) is 11.6 Å². The minimum atomic E-state index is -3.05. The minimum absolute atomic E-state index is 0.0582. The van der Waals surface area contributed by atoms with Gasteiger partial charge in [-0.1, -0.05) is 10.9 Å². The molecule has 188 valence electrons. The molecule has 0 spiro atoms. The van der Waals surface area contributed by atoms with Gasteiger partial charge in [-0.25, -0.2) is 8.78 Å². The van der Waals surface area contributed by atoms with Gasteiger partial charge in [-0.15, -0.1) is 10.2 Å². The van der Waals surface area contributed by atoms with Crippen LogP contribution in [-0.2, 0) is 12.1 Å². The van der Waals surface area contributed by atoms with Crippen LogP contribution < -0.4 is 10.1 Å². The molecule has 9 nitrogen and oxygen atoms in total. The molecule has 36 heavy (non-hydrogen) atoms. The van der Waals surface area contributed by atoms with Gasteiger partial charge < -0.3 is 15.2 Å². The van der Waals surface area contributed by atoms with Crippen LogP contribution in [0.2, 0.25) is 0 Å². The Labute approximate surface area is 201 Å². The number of halogens is 4. The Morgan fingerprint density at radius 1 is 1.22 bits per heavy atom. The van der Waals surface area contributed by atoms with Crippen LogP contribution in [0.4, 0.5) is 17.6 Å². The van der Waals surface area contributed by atoms with E-state index in [0.717, 1.165) is 12.1 Å². The molecule has 0 aliphatic heterocycles. The van der Waals surface area contributed by atoms with E-state index in [0.29, 0.717) is 10.9 Å². The second kappa shape index (κ2) is 9.85. The molecule has 0 aliphatic rings. The monoisotopic (exact) mass is 504 g/mol. The number of alkyl halides is 2. The molecule has 1 atom stereocenters. The first-order valence-electron chi connectivity index (χ1n) is 10.6. The number of benzene rings is 2. The smallest absolute Gasteiger partial charge is 0.350 e. The molecule has 0 saturated heterocycles. The molecule has 0 bridgehead atoms. The summed E-state index contributed by atoms with van der Waals surface area (Å²) in [6, 6.07) is 8.16. The number of nitrogens with one attached hydrogen (secondary N) is 1. The molecular formula is C23H20F4N6O3. The molecule has 2 aromatic carbocycles. The second-order valence-electron chi connectivity index (χ2n) is 8.16. The molecule has 4 rings (SSSR count). The summed E-state index contributed by atoms with van der Waals surface area (Å²) in [7, 11) is 0. The highest BCUT2D eigenvalue weighted by molar-refractivity contribution is 6.07. The molecule has 4 aromatic rings. The lowest BCUT2D eigenvalue weighted by molar-refractivity contribution is 0.0386. The highest BCUT2D eigenvalue weighted by Crippen LogP contribution is 2.30. The summed E-state index contributed by atoms with van der Waals surface area (Å²) in [5, 5.41) is 23.1. The number of aromatic nitrogens is 5. The quantitative estimate of drug-likeness (QED) is 0.354. The molecule has 0 saturated carbocycles. The van der Waals surface area contributed by atoms with Crippen molar-refractivity contribution in [1.29, 1.82) is 0 Å². The van der Waals surface area contributed by atoms with Gasteiger partial charge in [-0.2, -0.15) is 8.78 Å². The maximum atomic E-state index is 14.0. The van der Waals surface area contributed by atoms with Crippen LogP contribution in [0.1, 0.15) is 40.8 Å². The van der Waals surface area contributed by atoms with Crippen LogP contribution in [0.15, 0.2) is 42.6 Å². The van der Waals surface area contributed by atoms with Crippen molar-refractivity contribution < 1.29 is 32.2 Å². The number of carbonyl (C=O) groups is 1. The number of aliphatic hydroxyl groups is 1. The summed E-state index contributed by atoms with van der Waals surface area (Å²) in [4.78, 5) is 17.5. The Hall–Kier alpha value is -4.13. The maximum Gasteiger partial charge on any atom is 0.350 e. The zero-order chi connectivity index (χ0) is 26.0. The Morgan fingerprint density at radius 3 is 2.58 bits per heavy atom. The fraction of sp³-hybridized carbons (Fsp3) is 0.261. The number of hydrogen-bond donors (Lipinski definition) is 2. The summed E-state index contributed by atoms with van der Waals surface area (Å²) in [5.41, 5.74) is -0.862. The van der Waals surface area contributed by atoms with Crippen LogP contribution in [-0.4, -0.2) is 42.8 Å². The first-order valence-corrected chi connectivity index (χ1v) is 10.6. The highest BCUT2D eigenvalue weighted by Gasteiger charge is 2.34. The Morgan fingerprint density at radius 2 is 1.94 bits per heavy atom. The molecule has 2 heterocycles. The number of nitrogens with zero attached hydrogens (tertiary/aromatic N) is 5. The molecule has 1 unspecified atom stereocenters. The third-order valence-electron chi connectivity index (χ3n) is 5.43. The molecule has 1 amide bonds. The van der Waals surface area contributed by atoms with Gasteiger partial charge in [0.05, 0.1) is 17.7 Å². The van der Waals surface area contributed by atoms with Gasteiger partial charge in [-0.05, 0) is 55.0 Å². The van der Waals surface area contributed by atoms with E-state index in [9.17, 15) is 27.5 Å². The van der Waals surface area contributed by atoms with Gasteiger partial charge in [-0.3, -0.25) is 9.78 Å². The van der Waals surface area contributed by atoms with Gasteiger partial charge in [0.15, 0.2) is 0 Å². The van der Waals surface area contributed by atoms with Crippen molar-refractivity contribution in [3.05, 3.63) is 76.7 Å². The third kappa shape index (κ3) is 4.82. The van der Waals surface area contributed by atoms with Crippen LogP contribution in [0.25, 0.3) is 10.9 Å². The van der Waals surface area contributed by atoms with Crippen molar-refractivity contribution in [3.8, 4) is 5.75 Å². The molecule has 0 radical (unpaired) electrons. The van der Waals surface area contributed by atoms with Crippen molar-refractivity contribution >= 4 is 16.8 Å². The Balaban J connectivity index is 1.67. The lowest BCUT2D eigenvalue weighted by Crippen LogP contribution is -2.47. The molecule has 0 aliphatic carbocycles. The van der Waals surface area contributed by atoms with Crippen LogP contribution >= 0.6 is 0 Å². The van der Waals surface area contributed by atoms with Crippen molar-refractivity contribution in [2.24, 2.45) is 0 Å². The molecular weight excluding hydrogens is 484 g/mol. The standard InChI is InChI=1S/C23H20F4N6O3/c1-12-8-14-13(20(35)29-23(2,11-34)21-30-32-33(31-21)22(26)27)6-7-28-19(14)18(9-12)36-10-15-16(24)4-3-5-17(15)25/h3-9,22,34H,10-11H2,1-2H3,(H,29,35). The van der Waals surface area contributed by atoms with Crippen molar-refractivity contribution in [1.82, 2.24) is 30.5 Å². The molecule has 2 aromatic heterocycles. The maximum absolute atomic E-state index is 14.0. The predicted molar refractivity (Wildman–Crippen MR) is 118 cm³/mol. The summed E-state index contributed by atoms with van der Waals surface area (Å²) in [6.45, 7) is -1.09. The first-order chi connectivity index (χ1) is 17.1. The van der Waals surface area contributed by atoms with Crippen LogP contribution in [0.3, 0.4) is 0 Å². The van der Waals surface area contributed by atoms with Crippen molar-refractivity contribution in [2.45, 2.75) is 32.5 Å². The number of carbonyl (C=O) groups excluding carboxylic acids is 1. The van der Waals surface area contributed by atoms with E-state index in [2.05, 4.69) is 25.7 Å². The first kappa shape index (κ1) is 25.0. The number of tetrazole rings is 1. The number of aliphatic hydroxyl groups excluding tert-OH is 1. The fourth-order valence-electron chi connectivity index (χ4n) is 3.50. The normalized spacial score (nSPS) is 13.1. The summed E-state index contributed by atoms with van der Waals surface area (Å²) < 4.78 is 59.4. The second-order valence-corrected chi connectivity index (χ2v) is 8.16. The largest absolute Gasteiger partial charge is 0.486 e. The average molecular weight is 504 g/mol. The number of rotatable bonds is 8. The summed E-state index contributed by atoms with van der Waals surface area (Å²) in [6.07, 6.45) is 1.34. The highest BCUT2D eigenvalue weighted by atomic mass is 19.3. The van der Waals surface area contributed by atoms with Gasteiger partial charge >= 0.3 is 6.55 Å². The van der Waals surface area contributed by atoms with Crippen molar-refractivity contribution in [2.75, 3.05) is 6.61 Å². The Bertz CT molecular complexity index is 1410. The number of fused-ring (bicyclic) bond motifs is 1. The number of hydrogen-bond acceptors (Lipinski definition) is 7. The average Bonchev–Trinajstić information content (AvgIpc) is 3.35. The van der Waals surface area contributed by atoms with Gasteiger partial charge in [0.1, 0.15) is 35.0 Å². The summed E-state index contributed by atoms with van der Waals surface area (Å²) >= 11 is 0. The van der Waals surface area contributed by atoms with Crippen molar-refractivity contribution in [3.63, 3.8) is 0 Å². The predicted octanol–water partition coefficient (Wildman–Crippen LogP) is 3.42. The van der Waals surface area contributed by atoms with E-state index >= 15 is 0 Å². The number of aryl methyl sites for hydroxylation is 1. The topological polar surface area (TPSA) is 115 Å². The third-order valence-corrected chi connectivity index (χ3v) is 5.43. The van der Waals surface area contributed by atoms with E-state index in [1.807, 2.05) is 0 Å². The van der Waals surface area contributed by atoms with E-state index in [4.69, 9.17) is 4.74 Å². The van der Waals surface area contributed by atoms with E-state index < -0.39 is 42.8 Å². The minimum Gasteiger partial charge on any atom is -0.486 e. The lowest BCUT2D eigenvalue weighted by atomic mass is 10.0. The molecule has 13 heteroatoms. The Kier molecular flexibility index (Phi) is 6.84. The number of amides is 1. The van der Waals surface area contributed by atoms with E-state index in [1.54, 1.807) is 19.1 Å². The number of pyridine rings is 1. The molecule has 0 fully saturated rings.